The van der Waals surface area contributed by atoms with E-state index in [1.807, 2.05) is 28.0 Å². The summed E-state index contributed by atoms with van der Waals surface area (Å²) in [6, 6.07) is 12.7. The number of amides is 1. The fourth-order valence-corrected chi connectivity index (χ4v) is 5.80. The quantitative estimate of drug-likeness (QED) is 0.469. The molecule has 2 aliphatic rings. The average molecular weight is 531 g/mol. The molecule has 1 amide bonds. The molecule has 1 aromatic heterocycles. The minimum absolute atomic E-state index is 0.0563. The number of nitrogens with zero attached hydrogens (tertiary/aromatic N) is 3. The Morgan fingerprint density at radius 1 is 0.973 bits per heavy atom. The molecule has 1 saturated carbocycles. The molecular weight excluding hydrogens is 501 g/mol. The molecule has 0 spiro atoms. The van der Waals surface area contributed by atoms with Gasteiger partial charge in [-0.1, -0.05) is 18.2 Å². The summed E-state index contributed by atoms with van der Waals surface area (Å²) in [6.45, 7) is 2.54. The number of para-hydroxylation sites is 1. The summed E-state index contributed by atoms with van der Waals surface area (Å²) in [5.41, 5.74) is 0.518. The summed E-state index contributed by atoms with van der Waals surface area (Å²) in [5.74, 6) is 0.345. The van der Waals surface area contributed by atoms with Crippen LogP contribution < -0.4 is 10.5 Å². The molecule has 10 heteroatoms. The highest BCUT2D eigenvalue weighted by molar-refractivity contribution is 7.71. The maximum atomic E-state index is 13.2. The molecule has 5 rings (SSSR count). The summed E-state index contributed by atoms with van der Waals surface area (Å²) >= 11 is 5.44. The van der Waals surface area contributed by atoms with Gasteiger partial charge in [0.1, 0.15) is 0 Å². The SMILES string of the molecule is O=C(C1CCC(Cn2c(=S)[nH]c3ccccc3c2=O)CC1)N1CCN(c2cccc(C(F)(F)F)c2)CC1. The second-order valence-corrected chi connectivity index (χ2v) is 10.4. The van der Waals surface area contributed by atoms with Gasteiger partial charge in [0, 0.05) is 44.3 Å². The molecule has 0 bridgehead atoms. The number of piperazine rings is 1. The number of aromatic nitrogens is 2. The number of alkyl halides is 3. The van der Waals surface area contributed by atoms with Crippen LogP contribution in [0.3, 0.4) is 0 Å². The first-order valence-electron chi connectivity index (χ1n) is 12.6. The summed E-state index contributed by atoms with van der Waals surface area (Å²) < 4.78 is 41.2. The van der Waals surface area contributed by atoms with E-state index in [-0.39, 0.29) is 23.3 Å². The summed E-state index contributed by atoms with van der Waals surface area (Å²) in [4.78, 5) is 33.0. The lowest BCUT2D eigenvalue weighted by Gasteiger charge is -2.39. The van der Waals surface area contributed by atoms with Gasteiger partial charge in [-0.3, -0.25) is 14.2 Å². The van der Waals surface area contributed by atoms with Gasteiger partial charge in [-0.15, -0.1) is 0 Å². The Labute approximate surface area is 217 Å². The predicted octanol–water partition coefficient (Wildman–Crippen LogP) is 5.23. The second kappa shape index (κ2) is 10.3. The Bertz CT molecular complexity index is 1400. The first-order valence-corrected chi connectivity index (χ1v) is 13.0. The zero-order chi connectivity index (χ0) is 26.2. The van der Waals surface area contributed by atoms with Crippen LogP contribution in [-0.4, -0.2) is 46.5 Å². The van der Waals surface area contributed by atoms with E-state index in [9.17, 15) is 22.8 Å². The van der Waals surface area contributed by atoms with Crippen LogP contribution in [0.4, 0.5) is 18.9 Å². The Balaban J connectivity index is 1.15. The van der Waals surface area contributed by atoms with Gasteiger partial charge in [0.25, 0.3) is 5.56 Å². The second-order valence-electron chi connectivity index (χ2n) is 9.97. The lowest BCUT2D eigenvalue weighted by atomic mass is 9.81. The van der Waals surface area contributed by atoms with Crippen LogP contribution in [0.2, 0.25) is 0 Å². The number of carbonyl (C=O) groups is 1. The van der Waals surface area contributed by atoms with Gasteiger partial charge < -0.3 is 14.8 Å². The number of hydrogen-bond donors (Lipinski definition) is 1. The minimum atomic E-state index is -4.38. The van der Waals surface area contributed by atoms with E-state index >= 15 is 0 Å². The monoisotopic (exact) mass is 530 g/mol. The Morgan fingerprint density at radius 2 is 1.68 bits per heavy atom. The predicted molar refractivity (Wildman–Crippen MR) is 139 cm³/mol. The third-order valence-corrected chi connectivity index (χ3v) is 7.98. The molecule has 3 aromatic rings. The third kappa shape index (κ3) is 5.44. The number of nitrogens with one attached hydrogen (secondary N) is 1. The Hall–Kier alpha value is -3.14. The maximum Gasteiger partial charge on any atom is 0.416 e. The van der Waals surface area contributed by atoms with Crippen LogP contribution in [0.5, 0.6) is 0 Å². The molecule has 196 valence electrons. The van der Waals surface area contributed by atoms with Crippen molar-refractivity contribution in [2.24, 2.45) is 11.8 Å². The van der Waals surface area contributed by atoms with Crippen molar-refractivity contribution in [3.8, 4) is 0 Å². The normalized spacial score (nSPS) is 20.8. The van der Waals surface area contributed by atoms with Crippen molar-refractivity contribution in [1.29, 1.82) is 0 Å². The molecule has 6 nitrogen and oxygen atoms in total. The molecule has 1 N–H and O–H groups in total. The van der Waals surface area contributed by atoms with E-state index in [1.54, 1.807) is 16.7 Å². The summed E-state index contributed by atoms with van der Waals surface area (Å²) in [7, 11) is 0. The van der Waals surface area contributed by atoms with Crippen molar-refractivity contribution in [1.82, 2.24) is 14.5 Å². The number of H-pyrrole nitrogens is 1. The van der Waals surface area contributed by atoms with Crippen molar-refractivity contribution in [3.05, 3.63) is 69.2 Å². The van der Waals surface area contributed by atoms with E-state index in [0.29, 0.717) is 48.6 Å². The molecule has 1 aliphatic carbocycles. The highest BCUT2D eigenvalue weighted by Gasteiger charge is 2.33. The average Bonchev–Trinajstić information content (AvgIpc) is 2.91. The smallest absolute Gasteiger partial charge is 0.368 e. The highest BCUT2D eigenvalue weighted by Crippen LogP contribution is 2.33. The van der Waals surface area contributed by atoms with Gasteiger partial charge >= 0.3 is 6.18 Å². The van der Waals surface area contributed by atoms with Gasteiger partial charge in [0.2, 0.25) is 5.91 Å². The van der Waals surface area contributed by atoms with Gasteiger partial charge in [-0.25, -0.2) is 0 Å². The number of rotatable bonds is 4. The molecule has 37 heavy (non-hydrogen) atoms. The molecule has 2 fully saturated rings. The number of halogens is 3. The topological polar surface area (TPSA) is 61.3 Å². The van der Waals surface area contributed by atoms with Crippen molar-refractivity contribution in [2.45, 2.75) is 38.4 Å². The van der Waals surface area contributed by atoms with Crippen LogP contribution in [-0.2, 0) is 17.5 Å². The number of anilines is 1. The number of hydrogen-bond acceptors (Lipinski definition) is 4. The fraction of sp³-hybridized carbons (Fsp3) is 0.444. The zero-order valence-electron chi connectivity index (χ0n) is 20.3. The minimum Gasteiger partial charge on any atom is -0.368 e. The number of aromatic amines is 1. The van der Waals surface area contributed by atoms with Crippen molar-refractivity contribution >= 4 is 34.7 Å². The fourth-order valence-electron chi connectivity index (χ4n) is 5.54. The zero-order valence-corrected chi connectivity index (χ0v) is 21.2. The molecule has 0 radical (unpaired) electrons. The molecule has 1 aliphatic heterocycles. The van der Waals surface area contributed by atoms with E-state index < -0.39 is 11.7 Å². The number of fused-ring (bicyclic) bond motifs is 1. The maximum absolute atomic E-state index is 13.2. The van der Waals surface area contributed by atoms with Gasteiger partial charge in [-0.05, 0) is 74.2 Å². The van der Waals surface area contributed by atoms with Crippen LogP contribution in [0.1, 0.15) is 31.2 Å². The van der Waals surface area contributed by atoms with E-state index in [1.165, 1.54) is 12.1 Å². The van der Waals surface area contributed by atoms with Crippen LogP contribution >= 0.6 is 12.2 Å². The van der Waals surface area contributed by atoms with Gasteiger partial charge in [-0.2, -0.15) is 13.2 Å². The third-order valence-electron chi connectivity index (χ3n) is 7.66. The number of benzene rings is 2. The standard InChI is InChI=1S/C27H29F3N4O2S/c28-27(29,30)20-4-3-5-21(16-20)32-12-14-33(15-13-32)24(35)19-10-8-18(9-11-19)17-34-25(36)22-6-1-2-7-23(22)31-26(34)37/h1-7,16,18-19H,8-15,17H2,(H,31,37). The van der Waals surface area contributed by atoms with Crippen molar-refractivity contribution in [3.63, 3.8) is 0 Å². The number of carbonyl (C=O) groups excluding carboxylic acids is 1. The van der Waals surface area contributed by atoms with E-state index in [2.05, 4.69) is 4.98 Å². The van der Waals surface area contributed by atoms with Crippen LogP contribution in [0.25, 0.3) is 10.9 Å². The van der Waals surface area contributed by atoms with Gasteiger partial charge in [0.05, 0.1) is 16.5 Å². The lowest BCUT2D eigenvalue weighted by Crippen LogP contribution is -2.50. The first-order chi connectivity index (χ1) is 17.7. The molecule has 0 atom stereocenters. The largest absolute Gasteiger partial charge is 0.416 e. The molecule has 2 heterocycles. The Kier molecular flexibility index (Phi) is 7.11. The van der Waals surface area contributed by atoms with Crippen molar-refractivity contribution in [2.75, 3.05) is 31.1 Å². The van der Waals surface area contributed by atoms with Gasteiger partial charge in [0.15, 0.2) is 4.77 Å². The van der Waals surface area contributed by atoms with Crippen molar-refractivity contribution < 1.29 is 18.0 Å². The molecule has 2 aromatic carbocycles. The summed E-state index contributed by atoms with van der Waals surface area (Å²) in [6.07, 6.45) is -1.17. The molecule has 1 saturated heterocycles. The lowest BCUT2D eigenvalue weighted by molar-refractivity contribution is -0.138. The molecular formula is C27H29F3N4O2S. The van der Waals surface area contributed by atoms with Crippen LogP contribution in [0, 0.1) is 16.6 Å². The first kappa shape index (κ1) is 25.5. The highest BCUT2D eigenvalue weighted by atomic mass is 32.1. The van der Waals surface area contributed by atoms with Crippen LogP contribution in [0.15, 0.2) is 53.3 Å². The molecule has 0 unspecified atom stereocenters. The Morgan fingerprint density at radius 3 is 2.38 bits per heavy atom. The summed E-state index contributed by atoms with van der Waals surface area (Å²) in [5, 5.41) is 0.615. The van der Waals surface area contributed by atoms with E-state index in [0.717, 1.165) is 37.3 Å². The van der Waals surface area contributed by atoms with E-state index in [4.69, 9.17) is 12.2 Å².